The molecular formula is C15H9BrF2O2. The summed E-state index contributed by atoms with van der Waals surface area (Å²) in [6.45, 7) is 0. The second-order valence-corrected chi connectivity index (χ2v) is 4.95. The van der Waals surface area contributed by atoms with Crippen LogP contribution in [-0.4, -0.2) is 10.9 Å². The Morgan fingerprint density at radius 1 is 1.10 bits per heavy atom. The van der Waals surface area contributed by atoms with E-state index < -0.39 is 17.4 Å². The van der Waals surface area contributed by atoms with Crippen LogP contribution < -0.4 is 0 Å². The summed E-state index contributed by atoms with van der Waals surface area (Å²) >= 11 is 3.26. The molecule has 2 aromatic carbocycles. The maximum Gasteiger partial charge on any atom is 0.187 e. The lowest BCUT2D eigenvalue weighted by molar-refractivity contribution is 0.104. The van der Waals surface area contributed by atoms with Crippen molar-refractivity contribution in [2.45, 2.75) is 0 Å². The predicted octanol–water partition coefficient (Wildman–Crippen LogP) is 4.33. The molecule has 0 radical (unpaired) electrons. The summed E-state index contributed by atoms with van der Waals surface area (Å²) in [5.41, 5.74) is 0.618. The summed E-state index contributed by atoms with van der Waals surface area (Å²) in [7, 11) is 0. The Bertz CT molecular complexity index is 656. The van der Waals surface area contributed by atoms with Crippen LogP contribution in [0.25, 0.3) is 6.08 Å². The van der Waals surface area contributed by atoms with Crippen LogP contribution >= 0.6 is 15.9 Å². The van der Waals surface area contributed by atoms with Gasteiger partial charge >= 0.3 is 0 Å². The fraction of sp³-hybridized carbons (Fsp3) is 0. The lowest BCUT2D eigenvalue weighted by Gasteiger charge is -2.00. The second-order valence-electron chi connectivity index (χ2n) is 4.04. The molecule has 0 spiro atoms. The zero-order valence-corrected chi connectivity index (χ0v) is 11.7. The first-order valence-electron chi connectivity index (χ1n) is 5.63. The van der Waals surface area contributed by atoms with Gasteiger partial charge in [-0.2, -0.15) is 0 Å². The monoisotopic (exact) mass is 338 g/mol. The number of allylic oxidation sites excluding steroid dienone is 1. The van der Waals surface area contributed by atoms with Crippen LogP contribution in [0.2, 0.25) is 0 Å². The molecule has 0 aromatic heterocycles. The van der Waals surface area contributed by atoms with E-state index in [1.807, 2.05) is 0 Å². The number of halogens is 3. The van der Waals surface area contributed by atoms with E-state index in [9.17, 15) is 13.6 Å². The van der Waals surface area contributed by atoms with E-state index in [0.29, 0.717) is 5.56 Å². The van der Waals surface area contributed by atoms with Crippen molar-refractivity contribution in [3.63, 3.8) is 0 Å². The molecule has 0 saturated carbocycles. The van der Waals surface area contributed by atoms with Gasteiger partial charge in [0.2, 0.25) is 0 Å². The van der Waals surface area contributed by atoms with Crippen LogP contribution in [0.5, 0.6) is 5.75 Å². The highest BCUT2D eigenvalue weighted by molar-refractivity contribution is 9.10. The smallest absolute Gasteiger partial charge is 0.187 e. The molecule has 0 atom stereocenters. The van der Waals surface area contributed by atoms with Crippen LogP contribution in [0.3, 0.4) is 0 Å². The number of rotatable bonds is 3. The van der Waals surface area contributed by atoms with E-state index in [-0.39, 0.29) is 11.3 Å². The van der Waals surface area contributed by atoms with E-state index in [2.05, 4.69) is 15.9 Å². The molecule has 0 bridgehead atoms. The molecule has 0 fully saturated rings. The molecule has 5 heteroatoms. The van der Waals surface area contributed by atoms with Crippen LogP contribution in [0.15, 0.2) is 46.9 Å². The molecule has 0 heterocycles. The summed E-state index contributed by atoms with van der Waals surface area (Å²) < 4.78 is 27.1. The standard InChI is InChI=1S/C15H9BrF2O2/c16-11-4-2-10(3-5-11)14(19)6-1-9-7-12(17)15(20)13(18)8-9/h1-8,20H/b6-1+. The number of benzene rings is 2. The van der Waals surface area contributed by atoms with Gasteiger partial charge in [-0.05, 0) is 48.0 Å². The van der Waals surface area contributed by atoms with Gasteiger partial charge in [0.05, 0.1) is 0 Å². The topological polar surface area (TPSA) is 37.3 Å². The fourth-order valence-corrected chi connectivity index (χ4v) is 1.83. The largest absolute Gasteiger partial charge is 0.503 e. The summed E-state index contributed by atoms with van der Waals surface area (Å²) in [5.74, 6) is -3.45. The lowest BCUT2D eigenvalue weighted by Crippen LogP contribution is -1.93. The maximum atomic E-state index is 13.1. The summed E-state index contributed by atoms with van der Waals surface area (Å²) in [6.07, 6.45) is 2.50. The van der Waals surface area contributed by atoms with Crippen molar-refractivity contribution in [2.75, 3.05) is 0 Å². The lowest BCUT2D eigenvalue weighted by atomic mass is 10.1. The molecule has 0 unspecified atom stereocenters. The number of carbonyl (C=O) groups is 1. The number of phenols is 1. The highest BCUT2D eigenvalue weighted by atomic mass is 79.9. The molecule has 2 rings (SSSR count). The molecule has 1 N–H and O–H groups in total. The van der Waals surface area contributed by atoms with Gasteiger partial charge < -0.3 is 5.11 Å². The van der Waals surface area contributed by atoms with Crippen LogP contribution in [0, 0.1) is 11.6 Å². The zero-order valence-electron chi connectivity index (χ0n) is 10.1. The fourth-order valence-electron chi connectivity index (χ4n) is 1.56. The van der Waals surface area contributed by atoms with Crippen molar-refractivity contribution in [3.05, 3.63) is 69.7 Å². The first kappa shape index (κ1) is 14.4. The van der Waals surface area contributed by atoms with E-state index >= 15 is 0 Å². The molecule has 2 nitrogen and oxygen atoms in total. The van der Waals surface area contributed by atoms with E-state index in [0.717, 1.165) is 16.6 Å². The van der Waals surface area contributed by atoms with Gasteiger partial charge in [-0.25, -0.2) is 8.78 Å². The van der Waals surface area contributed by atoms with Crippen LogP contribution in [0.4, 0.5) is 8.78 Å². The first-order valence-corrected chi connectivity index (χ1v) is 6.42. The van der Waals surface area contributed by atoms with E-state index in [1.165, 1.54) is 12.2 Å². The van der Waals surface area contributed by atoms with Gasteiger partial charge in [-0.15, -0.1) is 0 Å². The third-order valence-electron chi connectivity index (χ3n) is 2.60. The Balaban J connectivity index is 2.21. The first-order chi connectivity index (χ1) is 9.47. The van der Waals surface area contributed by atoms with Gasteiger partial charge in [-0.3, -0.25) is 4.79 Å². The number of ketones is 1. The highest BCUT2D eigenvalue weighted by Gasteiger charge is 2.08. The molecule has 20 heavy (non-hydrogen) atoms. The zero-order chi connectivity index (χ0) is 14.7. The van der Waals surface area contributed by atoms with Gasteiger partial charge in [0.15, 0.2) is 23.2 Å². The quantitative estimate of drug-likeness (QED) is 0.668. The Morgan fingerprint density at radius 2 is 1.65 bits per heavy atom. The minimum Gasteiger partial charge on any atom is -0.503 e. The Morgan fingerprint density at radius 3 is 2.20 bits per heavy atom. The number of hydrogen-bond acceptors (Lipinski definition) is 2. The second kappa shape index (κ2) is 5.96. The number of phenolic OH excluding ortho intramolecular Hbond substituents is 1. The van der Waals surface area contributed by atoms with E-state index in [4.69, 9.17) is 5.11 Å². The SMILES string of the molecule is O=C(/C=C/c1cc(F)c(O)c(F)c1)c1ccc(Br)cc1. The number of hydrogen-bond donors (Lipinski definition) is 1. The molecule has 0 saturated heterocycles. The third-order valence-corrected chi connectivity index (χ3v) is 3.12. The average Bonchev–Trinajstić information content (AvgIpc) is 2.42. The van der Waals surface area contributed by atoms with Crippen molar-refractivity contribution in [3.8, 4) is 5.75 Å². The maximum absolute atomic E-state index is 13.1. The normalized spacial score (nSPS) is 10.9. The van der Waals surface area contributed by atoms with Crippen LogP contribution in [0.1, 0.15) is 15.9 Å². The molecular weight excluding hydrogens is 330 g/mol. The van der Waals surface area contributed by atoms with E-state index in [1.54, 1.807) is 24.3 Å². The van der Waals surface area contributed by atoms with Crippen molar-refractivity contribution >= 4 is 27.8 Å². The van der Waals surface area contributed by atoms with Crippen LogP contribution in [-0.2, 0) is 0 Å². The number of aromatic hydroxyl groups is 1. The van der Waals surface area contributed by atoms with Gasteiger partial charge in [0.1, 0.15) is 0 Å². The Labute approximate surface area is 122 Å². The highest BCUT2D eigenvalue weighted by Crippen LogP contribution is 2.22. The molecule has 0 aliphatic carbocycles. The van der Waals surface area contributed by atoms with Gasteiger partial charge in [0, 0.05) is 10.0 Å². The van der Waals surface area contributed by atoms with Crippen molar-refractivity contribution in [1.82, 2.24) is 0 Å². The third kappa shape index (κ3) is 3.30. The predicted molar refractivity (Wildman–Crippen MR) is 75.5 cm³/mol. The van der Waals surface area contributed by atoms with Gasteiger partial charge in [-0.1, -0.05) is 22.0 Å². The number of carbonyl (C=O) groups excluding carboxylic acids is 1. The molecule has 102 valence electrons. The minimum absolute atomic E-state index is 0.156. The average molecular weight is 339 g/mol. The minimum atomic E-state index is -1.07. The molecule has 0 aliphatic rings. The Kier molecular flexibility index (Phi) is 4.29. The van der Waals surface area contributed by atoms with Crippen molar-refractivity contribution in [1.29, 1.82) is 0 Å². The van der Waals surface area contributed by atoms with Gasteiger partial charge in [0.25, 0.3) is 0 Å². The summed E-state index contributed by atoms with van der Waals surface area (Å²) in [5, 5.41) is 8.97. The van der Waals surface area contributed by atoms with Crippen molar-refractivity contribution < 1.29 is 18.7 Å². The molecule has 0 aliphatic heterocycles. The molecule has 0 amide bonds. The Hall–Kier alpha value is -2.01. The summed E-state index contributed by atoms with van der Waals surface area (Å²) in [4.78, 5) is 11.8. The summed E-state index contributed by atoms with van der Waals surface area (Å²) in [6, 6.07) is 8.61. The molecule has 2 aromatic rings. The van der Waals surface area contributed by atoms with Crippen molar-refractivity contribution in [2.24, 2.45) is 0 Å².